The van der Waals surface area contributed by atoms with Crippen LogP contribution in [0.15, 0.2) is 60.7 Å². The predicted molar refractivity (Wildman–Crippen MR) is 157 cm³/mol. The van der Waals surface area contributed by atoms with E-state index in [0.717, 1.165) is 29.9 Å². The Morgan fingerprint density at radius 3 is 2.27 bits per heavy atom. The smallest absolute Gasteiger partial charge is 0.226 e. The SMILES string of the molecule is COc1cc2c(c(OC)n1)[C@]1(O)[C@H](O)[C@H](CN(C)C)[C@@H](c3ccccc3)[C@]1(c1ccc(N3CC(N(C)C)C3)cc1)O2. The van der Waals surface area contributed by atoms with Crippen molar-refractivity contribution >= 4 is 5.69 Å². The van der Waals surface area contributed by atoms with Gasteiger partial charge in [0.25, 0.3) is 0 Å². The number of hydrogen-bond donors (Lipinski definition) is 2. The van der Waals surface area contributed by atoms with Crippen LogP contribution in [0.4, 0.5) is 5.69 Å². The Bertz CT molecular complexity index is 1400. The van der Waals surface area contributed by atoms with Gasteiger partial charge in [-0.15, -0.1) is 0 Å². The lowest BCUT2D eigenvalue weighted by Crippen LogP contribution is -2.57. The van der Waals surface area contributed by atoms with E-state index in [1.54, 1.807) is 6.07 Å². The molecule has 1 saturated carbocycles. The van der Waals surface area contributed by atoms with Gasteiger partial charge in [-0.2, -0.15) is 4.98 Å². The molecule has 0 amide bonds. The number of hydrogen-bond acceptors (Lipinski definition) is 9. The highest BCUT2D eigenvalue weighted by Crippen LogP contribution is 2.70. The zero-order valence-electron chi connectivity index (χ0n) is 24.6. The average molecular weight is 561 g/mol. The van der Waals surface area contributed by atoms with Gasteiger partial charge in [-0.25, -0.2) is 0 Å². The minimum absolute atomic E-state index is 0.173. The highest BCUT2D eigenvalue weighted by molar-refractivity contribution is 5.61. The van der Waals surface area contributed by atoms with E-state index in [2.05, 4.69) is 41.0 Å². The monoisotopic (exact) mass is 560 g/mol. The molecule has 1 aromatic heterocycles. The van der Waals surface area contributed by atoms with Gasteiger partial charge in [-0.05, 0) is 51.5 Å². The molecule has 2 aliphatic heterocycles. The van der Waals surface area contributed by atoms with Crippen molar-refractivity contribution in [2.24, 2.45) is 5.92 Å². The molecule has 9 heteroatoms. The van der Waals surface area contributed by atoms with Crippen LogP contribution in [0.2, 0.25) is 0 Å². The second-order valence-electron chi connectivity index (χ2n) is 12.0. The highest BCUT2D eigenvalue weighted by atomic mass is 16.5. The number of aliphatic hydroxyl groups is 2. The number of pyridine rings is 1. The van der Waals surface area contributed by atoms with E-state index < -0.39 is 23.2 Å². The van der Waals surface area contributed by atoms with Crippen LogP contribution in [-0.2, 0) is 11.2 Å². The van der Waals surface area contributed by atoms with E-state index >= 15 is 0 Å². The topological polar surface area (TPSA) is 90.8 Å². The van der Waals surface area contributed by atoms with E-state index in [1.165, 1.54) is 14.2 Å². The lowest BCUT2D eigenvalue weighted by molar-refractivity contribution is -0.152. The lowest BCUT2D eigenvalue weighted by atomic mass is 9.70. The van der Waals surface area contributed by atoms with Gasteiger partial charge in [0.2, 0.25) is 11.8 Å². The van der Waals surface area contributed by atoms with Gasteiger partial charge >= 0.3 is 0 Å². The molecule has 218 valence electrons. The number of fused-ring (bicyclic) bond motifs is 3. The van der Waals surface area contributed by atoms with E-state index in [1.807, 2.05) is 61.5 Å². The summed E-state index contributed by atoms with van der Waals surface area (Å²) in [6.07, 6.45) is -1.18. The molecular weight excluding hydrogens is 520 g/mol. The Morgan fingerprint density at radius 1 is 1.00 bits per heavy atom. The predicted octanol–water partition coefficient (Wildman–Crippen LogP) is 2.66. The molecule has 9 nitrogen and oxygen atoms in total. The Kier molecular flexibility index (Phi) is 6.89. The molecule has 6 rings (SSSR count). The number of rotatable bonds is 8. The summed E-state index contributed by atoms with van der Waals surface area (Å²) in [5, 5.41) is 25.2. The molecule has 0 spiro atoms. The molecule has 3 aliphatic rings. The molecule has 2 N–H and O–H groups in total. The first-order valence-electron chi connectivity index (χ1n) is 14.1. The van der Waals surface area contributed by atoms with Crippen LogP contribution in [0.3, 0.4) is 0 Å². The summed E-state index contributed by atoms with van der Waals surface area (Å²) in [4.78, 5) is 11.1. The average Bonchev–Trinajstić information content (AvgIpc) is 3.30. The Balaban J connectivity index is 1.56. The molecule has 0 unspecified atom stereocenters. The zero-order valence-corrected chi connectivity index (χ0v) is 24.6. The van der Waals surface area contributed by atoms with Gasteiger partial charge < -0.3 is 39.1 Å². The first-order chi connectivity index (χ1) is 19.6. The van der Waals surface area contributed by atoms with Gasteiger partial charge in [0.1, 0.15) is 5.75 Å². The lowest BCUT2D eigenvalue weighted by Gasteiger charge is -2.45. The van der Waals surface area contributed by atoms with Crippen LogP contribution in [0.5, 0.6) is 17.5 Å². The van der Waals surface area contributed by atoms with E-state index in [-0.39, 0.29) is 11.8 Å². The molecule has 5 atom stereocenters. The molecule has 2 fully saturated rings. The largest absolute Gasteiger partial charge is 0.481 e. The third kappa shape index (κ3) is 4.01. The highest BCUT2D eigenvalue weighted by Gasteiger charge is 2.77. The number of nitrogens with zero attached hydrogens (tertiary/aromatic N) is 4. The molecule has 41 heavy (non-hydrogen) atoms. The van der Waals surface area contributed by atoms with Crippen LogP contribution in [0.25, 0.3) is 0 Å². The Labute approximate surface area is 241 Å². The van der Waals surface area contributed by atoms with Gasteiger partial charge in [-0.3, -0.25) is 0 Å². The number of aromatic nitrogens is 1. The summed E-state index contributed by atoms with van der Waals surface area (Å²) in [5.74, 6) is 0.0982. The van der Waals surface area contributed by atoms with E-state index in [0.29, 0.717) is 29.8 Å². The van der Waals surface area contributed by atoms with E-state index in [9.17, 15) is 10.2 Å². The minimum Gasteiger partial charge on any atom is -0.481 e. The number of benzene rings is 2. The third-order valence-corrected chi connectivity index (χ3v) is 9.24. The second-order valence-corrected chi connectivity index (χ2v) is 12.0. The van der Waals surface area contributed by atoms with Crippen molar-refractivity contribution in [1.82, 2.24) is 14.8 Å². The molecule has 1 saturated heterocycles. The fourth-order valence-corrected chi connectivity index (χ4v) is 7.20. The third-order valence-electron chi connectivity index (χ3n) is 9.24. The standard InChI is InChI=1S/C32H40N4O5/c1-34(2)19-24-27(20-10-8-7-9-11-20)32(21-12-14-22(15-13-21)36-17-23(18-36)35(3)4)31(38,29(24)37)28-25(41-32)16-26(39-5)33-30(28)40-6/h7-16,23-24,27,29,37-38H,17-19H2,1-6H3/t24-,27-,29-,31+,32+/m1/s1. The molecule has 0 radical (unpaired) electrons. The number of methoxy groups -OCH3 is 2. The maximum absolute atomic E-state index is 13.0. The van der Waals surface area contributed by atoms with Gasteiger partial charge in [0.15, 0.2) is 11.2 Å². The van der Waals surface area contributed by atoms with E-state index in [4.69, 9.17) is 14.2 Å². The summed E-state index contributed by atoms with van der Waals surface area (Å²) in [6, 6.07) is 20.5. The maximum atomic E-state index is 13.0. The van der Waals surface area contributed by atoms with Gasteiger partial charge in [-0.1, -0.05) is 42.5 Å². The van der Waals surface area contributed by atoms with Crippen molar-refractivity contribution < 1.29 is 24.4 Å². The van der Waals surface area contributed by atoms with Crippen molar-refractivity contribution in [3.8, 4) is 17.5 Å². The summed E-state index contributed by atoms with van der Waals surface area (Å²) >= 11 is 0. The van der Waals surface area contributed by atoms with Crippen LogP contribution in [0, 0.1) is 5.92 Å². The molecule has 1 aliphatic carbocycles. The molecule has 3 heterocycles. The maximum Gasteiger partial charge on any atom is 0.226 e. The fourth-order valence-electron chi connectivity index (χ4n) is 7.20. The molecule has 2 aromatic carbocycles. The normalized spacial score (nSPS) is 28.8. The number of likely N-dealkylation sites (N-methyl/N-ethyl adjacent to an activating group) is 1. The first-order valence-corrected chi connectivity index (χ1v) is 14.1. The summed E-state index contributed by atoms with van der Waals surface area (Å²) < 4.78 is 18.1. The quantitative estimate of drug-likeness (QED) is 0.432. The van der Waals surface area contributed by atoms with Crippen LogP contribution in [0.1, 0.15) is 22.6 Å². The number of anilines is 1. The van der Waals surface area contributed by atoms with Crippen molar-refractivity contribution in [3.05, 3.63) is 77.4 Å². The van der Waals surface area contributed by atoms with Crippen molar-refractivity contribution in [2.45, 2.75) is 29.3 Å². The first kappa shape index (κ1) is 27.8. The van der Waals surface area contributed by atoms with Crippen LogP contribution < -0.4 is 19.1 Å². The molecule has 0 bridgehead atoms. The van der Waals surface area contributed by atoms with Crippen LogP contribution in [-0.4, -0.2) is 99.2 Å². The summed E-state index contributed by atoms with van der Waals surface area (Å²) in [7, 11) is 11.2. The second kappa shape index (κ2) is 10.2. The van der Waals surface area contributed by atoms with Crippen LogP contribution >= 0.6 is 0 Å². The number of ether oxygens (including phenoxy) is 3. The van der Waals surface area contributed by atoms with Gasteiger partial charge in [0, 0.05) is 49.3 Å². The van der Waals surface area contributed by atoms with Crippen molar-refractivity contribution in [1.29, 1.82) is 0 Å². The molecule has 3 aromatic rings. The van der Waals surface area contributed by atoms with Crippen molar-refractivity contribution in [3.63, 3.8) is 0 Å². The zero-order chi connectivity index (χ0) is 29.1. The minimum atomic E-state index is -1.86. The number of aliphatic hydroxyl groups excluding tert-OH is 1. The Morgan fingerprint density at radius 2 is 1.68 bits per heavy atom. The fraction of sp³-hybridized carbons (Fsp3) is 0.469. The Hall–Kier alpha value is -3.37. The van der Waals surface area contributed by atoms with Crippen molar-refractivity contribution in [2.75, 3.05) is 66.9 Å². The summed E-state index contributed by atoms with van der Waals surface area (Å²) in [6.45, 7) is 2.46. The molecular formula is C32H40N4O5. The summed E-state index contributed by atoms with van der Waals surface area (Å²) in [5.41, 5.74) is -0.0133. The van der Waals surface area contributed by atoms with Gasteiger partial charge in [0.05, 0.1) is 25.9 Å².